The van der Waals surface area contributed by atoms with Gasteiger partial charge in [-0.3, -0.25) is 0 Å². The maximum atomic E-state index is 13.1. The first-order valence-electron chi connectivity index (χ1n) is 8.81. The van der Waals surface area contributed by atoms with E-state index < -0.39 is 10.0 Å². The minimum absolute atomic E-state index is 0.0980. The Hall–Kier alpha value is -1.93. The quantitative estimate of drug-likeness (QED) is 0.794. The summed E-state index contributed by atoms with van der Waals surface area (Å²) < 4.78 is 38.6. The third-order valence-corrected chi connectivity index (χ3v) is 6.61. The lowest BCUT2D eigenvalue weighted by Gasteiger charge is -2.30. The summed E-state index contributed by atoms with van der Waals surface area (Å²) in [5, 5.41) is 8.21. The summed E-state index contributed by atoms with van der Waals surface area (Å²) in [6.07, 6.45) is 1.32. The number of benzene rings is 1. The molecule has 1 aliphatic rings. The maximum absolute atomic E-state index is 13.1. The summed E-state index contributed by atoms with van der Waals surface area (Å²) in [4.78, 5) is 0.221. The fourth-order valence-corrected chi connectivity index (χ4v) is 4.82. The fourth-order valence-electron chi connectivity index (χ4n) is 3.11. The summed E-state index contributed by atoms with van der Waals surface area (Å²) in [6, 6.07) is 5.19. The van der Waals surface area contributed by atoms with Gasteiger partial charge in [0, 0.05) is 24.9 Å². The highest BCUT2D eigenvalue weighted by atomic mass is 32.2. The van der Waals surface area contributed by atoms with E-state index in [2.05, 4.69) is 10.2 Å². The minimum atomic E-state index is -3.60. The zero-order valence-electron chi connectivity index (χ0n) is 15.6. The normalized spacial score (nSPS) is 17.0. The third kappa shape index (κ3) is 3.61. The van der Waals surface area contributed by atoms with E-state index in [1.54, 1.807) is 12.1 Å². The van der Waals surface area contributed by atoms with Gasteiger partial charge in [0.25, 0.3) is 0 Å². The van der Waals surface area contributed by atoms with Crippen molar-refractivity contribution < 1.29 is 17.6 Å². The van der Waals surface area contributed by atoms with E-state index in [9.17, 15) is 8.42 Å². The Bertz CT molecular complexity index is 868. The number of piperidine rings is 1. The van der Waals surface area contributed by atoms with Gasteiger partial charge >= 0.3 is 0 Å². The molecule has 3 rings (SSSR count). The van der Waals surface area contributed by atoms with E-state index in [-0.39, 0.29) is 16.7 Å². The van der Waals surface area contributed by atoms with E-state index in [1.165, 1.54) is 11.4 Å². The molecule has 0 aliphatic carbocycles. The monoisotopic (exact) mass is 379 g/mol. The number of rotatable bonds is 5. The molecule has 0 amide bonds. The Balaban J connectivity index is 1.75. The smallest absolute Gasteiger partial charge is 0.246 e. The zero-order chi connectivity index (χ0) is 18.9. The van der Waals surface area contributed by atoms with E-state index >= 15 is 0 Å². The fraction of sp³-hybridized carbons (Fsp3) is 0.556. The summed E-state index contributed by atoms with van der Waals surface area (Å²) in [7, 11) is -2.12. The van der Waals surface area contributed by atoms with Crippen molar-refractivity contribution in [2.45, 2.75) is 50.3 Å². The molecule has 26 heavy (non-hydrogen) atoms. The lowest BCUT2D eigenvalue weighted by atomic mass is 9.98. The van der Waals surface area contributed by atoms with Gasteiger partial charge in [0.05, 0.1) is 7.11 Å². The summed E-state index contributed by atoms with van der Waals surface area (Å²) >= 11 is 0. The van der Waals surface area contributed by atoms with Gasteiger partial charge in [0.1, 0.15) is 10.6 Å². The van der Waals surface area contributed by atoms with Crippen LogP contribution in [0.4, 0.5) is 0 Å². The number of hydrogen-bond donors (Lipinski definition) is 0. The second-order valence-electron chi connectivity index (χ2n) is 6.97. The van der Waals surface area contributed by atoms with Crippen LogP contribution in [-0.2, 0) is 10.0 Å². The molecule has 0 atom stereocenters. The highest BCUT2D eigenvalue weighted by Crippen LogP contribution is 2.33. The van der Waals surface area contributed by atoms with Crippen molar-refractivity contribution >= 4 is 10.0 Å². The Morgan fingerprint density at radius 1 is 1.23 bits per heavy atom. The van der Waals surface area contributed by atoms with Crippen LogP contribution in [0.5, 0.6) is 5.75 Å². The van der Waals surface area contributed by atoms with Crippen molar-refractivity contribution in [3.8, 4) is 5.75 Å². The second-order valence-corrected chi connectivity index (χ2v) is 8.87. The molecule has 1 aromatic heterocycles. The number of aryl methyl sites for hydroxylation is 1. The number of ether oxygens (including phenoxy) is 1. The molecule has 0 saturated carbocycles. The van der Waals surface area contributed by atoms with Gasteiger partial charge in [0.15, 0.2) is 0 Å². The van der Waals surface area contributed by atoms with Crippen LogP contribution in [-0.4, -0.2) is 43.1 Å². The molecule has 1 aliphatic heterocycles. The Morgan fingerprint density at radius 2 is 1.92 bits per heavy atom. The molecule has 142 valence electrons. The topological polar surface area (TPSA) is 85.5 Å². The van der Waals surface area contributed by atoms with Crippen LogP contribution in [0.1, 0.15) is 55.9 Å². The van der Waals surface area contributed by atoms with Crippen molar-refractivity contribution in [3.63, 3.8) is 0 Å². The van der Waals surface area contributed by atoms with E-state index in [1.807, 2.05) is 26.8 Å². The van der Waals surface area contributed by atoms with Crippen molar-refractivity contribution in [3.05, 3.63) is 35.5 Å². The standard InChI is InChI=1S/C18H25N3O4S/c1-12(2)17-19-20-18(25-17)14-7-9-21(10-8-14)26(22,23)16-11-13(3)5-6-15(16)24-4/h5-6,11-12,14H,7-10H2,1-4H3. The molecule has 2 aromatic rings. The Morgan fingerprint density at radius 3 is 2.50 bits per heavy atom. The number of methoxy groups -OCH3 is 1. The molecule has 1 fully saturated rings. The summed E-state index contributed by atoms with van der Waals surface area (Å²) in [6.45, 7) is 6.71. The first kappa shape index (κ1) is 18.8. The van der Waals surface area contributed by atoms with Crippen molar-refractivity contribution in [2.75, 3.05) is 20.2 Å². The van der Waals surface area contributed by atoms with E-state index in [0.717, 1.165) is 5.56 Å². The van der Waals surface area contributed by atoms with Gasteiger partial charge in [-0.05, 0) is 37.5 Å². The Labute approximate surface area is 154 Å². The summed E-state index contributed by atoms with van der Waals surface area (Å²) in [5.74, 6) is 1.89. The van der Waals surface area contributed by atoms with Gasteiger partial charge in [-0.25, -0.2) is 8.42 Å². The molecule has 0 unspecified atom stereocenters. The maximum Gasteiger partial charge on any atom is 0.246 e. The largest absolute Gasteiger partial charge is 0.495 e. The first-order chi connectivity index (χ1) is 12.3. The zero-order valence-corrected chi connectivity index (χ0v) is 16.4. The van der Waals surface area contributed by atoms with Crippen LogP contribution in [0.3, 0.4) is 0 Å². The molecule has 1 aromatic carbocycles. The molecule has 0 bridgehead atoms. The van der Waals surface area contributed by atoms with E-state index in [4.69, 9.17) is 9.15 Å². The number of hydrogen-bond acceptors (Lipinski definition) is 6. The van der Waals surface area contributed by atoms with Gasteiger partial charge in [0.2, 0.25) is 21.8 Å². The van der Waals surface area contributed by atoms with Crippen LogP contribution in [0.15, 0.2) is 27.5 Å². The van der Waals surface area contributed by atoms with Crippen LogP contribution >= 0.6 is 0 Å². The predicted molar refractivity (Wildman–Crippen MR) is 96.9 cm³/mol. The van der Waals surface area contributed by atoms with Crippen LogP contribution < -0.4 is 4.74 Å². The molecule has 8 heteroatoms. The summed E-state index contributed by atoms with van der Waals surface area (Å²) in [5.41, 5.74) is 0.881. The molecule has 1 saturated heterocycles. The van der Waals surface area contributed by atoms with Crippen LogP contribution in [0.2, 0.25) is 0 Å². The number of aromatic nitrogens is 2. The molecule has 2 heterocycles. The lowest BCUT2D eigenvalue weighted by molar-refractivity contribution is 0.284. The first-order valence-corrected chi connectivity index (χ1v) is 10.2. The molecular formula is C18H25N3O4S. The third-order valence-electron chi connectivity index (χ3n) is 4.69. The van der Waals surface area contributed by atoms with Crippen LogP contribution in [0, 0.1) is 6.92 Å². The van der Waals surface area contributed by atoms with Crippen molar-refractivity contribution in [1.82, 2.24) is 14.5 Å². The minimum Gasteiger partial charge on any atom is -0.495 e. The van der Waals surface area contributed by atoms with Gasteiger partial charge in [-0.1, -0.05) is 19.9 Å². The van der Waals surface area contributed by atoms with E-state index in [0.29, 0.717) is 43.5 Å². The SMILES string of the molecule is COc1ccc(C)cc1S(=O)(=O)N1CCC(c2nnc(C(C)C)o2)CC1. The highest BCUT2D eigenvalue weighted by molar-refractivity contribution is 7.89. The van der Waals surface area contributed by atoms with Crippen molar-refractivity contribution in [1.29, 1.82) is 0 Å². The molecular weight excluding hydrogens is 354 g/mol. The second kappa shape index (κ2) is 7.36. The van der Waals surface area contributed by atoms with Gasteiger partial charge in [-0.2, -0.15) is 4.31 Å². The number of nitrogens with zero attached hydrogens (tertiary/aromatic N) is 3. The Kier molecular flexibility index (Phi) is 5.34. The number of sulfonamides is 1. The van der Waals surface area contributed by atoms with Gasteiger partial charge in [-0.15, -0.1) is 10.2 Å². The predicted octanol–water partition coefficient (Wildman–Crippen LogP) is 3.08. The highest BCUT2D eigenvalue weighted by Gasteiger charge is 2.33. The van der Waals surface area contributed by atoms with Crippen LogP contribution in [0.25, 0.3) is 0 Å². The lowest BCUT2D eigenvalue weighted by Crippen LogP contribution is -2.38. The molecule has 0 N–H and O–H groups in total. The van der Waals surface area contributed by atoms with Gasteiger partial charge < -0.3 is 9.15 Å². The molecule has 0 spiro atoms. The van der Waals surface area contributed by atoms with Crippen molar-refractivity contribution in [2.24, 2.45) is 0 Å². The molecule has 0 radical (unpaired) electrons. The average molecular weight is 379 g/mol. The average Bonchev–Trinajstić information content (AvgIpc) is 3.12. The molecule has 7 nitrogen and oxygen atoms in total.